The Bertz CT molecular complexity index is 634. The van der Waals surface area contributed by atoms with E-state index in [1.807, 2.05) is 13.1 Å². The van der Waals surface area contributed by atoms with Crippen LogP contribution in [0, 0.1) is 6.92 Å². The van der Waals surface area contributed by atoms with Crippen LogP contribution < -0.4 is 11.1 Å². The lowest BCUT2D eigenvalue weighted by molar-refractivity contribution is -0.116. The number of rotatable bonds is 5. The fraction of sp³-hybridized carbons (Fsp3) is 0.214. The van der Waals surface area contributed by atoms with Crippen LogP contribution >= 0.6 is 0 Å². The minimum absolute atomic E-state index is 0.139. The molecule has 0 spiro atoms. The van der Waals surface area contributed by atoms with Crippen LogP contribution in [0.15, 0.2) is 36.7 Å². The second-order valence-electron chi connectivity index (χ2n) is 4.52. The molecule has 0 aliphatic heterocycles. The number of hydrogen-bond donors (Lipinski definition) is 2. The monoisotopic (exact) mass is 272 g/mol. The van der Waals surface area contributed by atoms with E-state index in [0.717, 1.165) is 5.56 Å². The quantitative estimate of drug-likeness (QED) is 0.860. The molecule has 3 N–H and O–H groups in total. The number of anilines is 1. The molecule has 2 rings (SSSR count). The Morgan fingerprint density at radius 2 is 2.20 bits per heavy atom. The Balaban J connectivity index is 1.91. The number of aryl methyl sites for hydroxylation is 2. The molecule has 0 fully saturated rings. The molecule has 1 aromatic carbocycles. The van der Waals surface area contributed by atoms with E-state index in [2.05, 4.69) is 10.4 Å². The SMILES string of the molecule is Cc1cnn(CCC(=O)Nc2cccc(C(N)=O)c2)c1. The molecule has 0 radical (unpaired) electrons. The van der Waals surface area contributed by atoms with Crippen LogP contribution in [-0.4, -0.2) is 21.6 Å². The maximum atomic E-state index is 11.8. The first-order valence-corrected chi connectivity index (χ1v) is 6.23. The molecule has 1 aromatic heterocycles. The van der Waals surface area contributed by atoms with Crippen molar-refractivity contribution in [3.63, 3.8) is 0 Å². The number of carbonyl (C=O) groups excluding carboxylic acids is 2. The number of aromatic nitrogens is 2. The molecule has 6 nitrogen and oxygen atoms in total. The van der Waals surface area contributed by atoms with Crippen LogP contribution in [0.3, 0.4) is 0 Å². The Morgan fingerprint density at radius 1 is 1.40 bits per heavy atom. The number of nitrogens with zero attached hydrogens (tertiary/aromatic N) is 2. The predicted octanol–water partition coefficient (Wildman–Crippen LogP) is 1.32. The van der Waals surface area contributed by atoms with Crippen molar-refractivity contribution in [3.05, 3.63) is 47.8 Å². The fourth-order valence-electron chi connectivity index (χ4n) is 1.78. The van der Waals surface area contributed by atoms with Crippen molar-refractivity contribution >= 4 is 17.5 Å². The van der Waals surface area contributed by atoms with Crippen molar-refractivity contribution in [1.29, 1.82) is 0 Å². The highest BCUT2D eigenvalue weighted by molar-refractivity contribution is 5.96. The average Bonchev–Trinajstić information content (AvgIpc) is 2.82. The number of nitrogens with two attached hydrogens (primary N) is 1. The summed E-state index contributed by atoms with van der Waals surface area (Å²) in [4.78, 5) is 22.9. The zero-order valence-electron chi connectivity index (χ0n) is 11.2. The normalized spacial score (nSPS) is 10.2. The smallest absolute Gasteiger partial charge is 0.248 e. The van der Waals surface area contributed by atoms with Gasteiger partial charge in [0.15, 0.2) is 0 Å². The number of benzene rings is 1. The molecular formula is C14H16N4O2. The van der Waals surface area contributed by atoms with Gasteiger partial charge in [-0.15, -0.1) is 0 Å². The predicted molar refractivity (Wildman–Crippen MR) is 75.2 cm³/mol. The van der Waals surface area contributed by atoms with Gasteiger partial charge in [-0.3, -0.25) is 14.3 Å². The lowest BCUT2D eigenvalue weighted by Crippen LogP contribution is -2.16. The van der Waals surface area contributed by atoms with Gasteiger partial charge in [-0.05, 0) is 30.7 Å². The van der Waals surface area contributed by atoms with Gasteiger partial charge in [-0.1, -0.05) is 6.07 Å². The van der Waals surface area contributed by atoms with Crippen molar-refractivity contribution in [2.75, 3.05) is 5.32 Å². The van der Waals surface area contributed by atoms with E-state index in [0.29, 0.717) is 24.2 Å². The molecule has 0 bridgehead atoms. The van der Waals surface area contributed by atoms with E-state index < -0.39 is 5.91 Å². The molecule has 2 amide bonds. The Labute approximate surface area is 116 Å². The molecule has 0 unspecified atom stereocenters. The summed E-state index contributed by atoms with van der Waals surface area (Å²) in [5.41, 5.74) is 7.17. The van der Waals surface area contributed by atoms with E-state index in [1.165, 1.54) is 0 Å². The largest absolute Gasteiger partial charge is 0.366 e. The summed E-state index contributed by atoms with van der Waals surface area (Å²) in [6.07, 6.45) is 3.93. The molecule has 0 atom stereocenters. The summed E-state index contributed by atoms with van der Waals surface area (Å²) in [5, 5.41) is 6.83. The second kappa shape index (κ2) is 6.01. The lowest BCUT2D eigenvalue weighted by Gasteiger charge is -2.06. The van der Waals surface area contributed by atoms with Crippen molar-refractivity contribution in [3.8, 4) is 0 Å². The lowest BCUT2D eigenvalue weighted by atomic mass is 10.2. The molecule has 0 saturated heterocycles. The fourth-order valence-corrected chi connectivity index (χ4v) is 1.78. The van der Waals surface area contributed by atoms with E-state index in [9.17, 15) is 9.59 Å². The summed E-state index contributed by atoms with van der Waals surface area (Å²) in [7, 11) is 0. The summed E-state index contributed by atoms with van der Waals surface area (Å²) in [6, 6.07) is 6.54. The molecule has 104 valence electrons. The van der Waals surface area contributed by atoms with Gasteiger partial charge in [0.1, 0.15) is 0 Å². The minimum atomic E-state index is -0.520. The molecular weight excluding hydrogens is 256 g/mol. The minimum Gasteiger partial charge on any atom is -0.366 e. The summed E-state index contributed by atoms with van der Waals surface area (Å²) < 4.78 is 1.72. The molecule has 0 aliphatic rings. The number of nitrogens with one attached hydrogen (secondary N) is 1. The van der Waals surface area contributed by atoms with Gasteiger partial charge in [0.05, 0.1) is 6.20 Å². The average molecular weight is 272 g/mol. The highest BCUT2D eigenvalue weighted by Crippen LogP contribution is 2.10. The van der Waals surface area contributed by atoms with E-state index >= 15 is 0 Å². The molecule has 20 heavy (non-hydrogen) atoms. The van der Waals surface area contributed by atoms with Crippen molar-refractivity contribution in [2.45, 2.75) is 19.9 Å². The Hall–Kier alpha value is -2.63. The molecule has 6 heteroatoms. The summed E-state index contributed by atoms with van der Waals surface area (Å²) in [5.74, 6) is -0.659. The molecule has 0 saturated carbocycles. The van der Waals surface area contributed by atoms with Gasteiger partial charge in [0, 0.05) is 30.4 Å². The first-order chi connectivity index (χ1) is 9.54. The van der Waals surface area contributed by atoms with Crippen LogP contribution in [0.2, 0.25) is 0 Å². The number of amides is 2. The topological polar surface area (TPSA) is 90.0 Å². The third-order valence-electron chi connectivity index (χ3n) is 2.76. The standard InChI is InChI=1S/C14H16N4O2/c1-10-8-16-18(9-10)6-5-13(19)17-12-4-2-3-11(7-12)14(15)20/h2-4,7-9H,5-6H2,1H3,(H2,15,20)(H,17,19). The third kappa shape index (κ3) is 3.68. The molecule has 2 aromatic rings. The van der Waals surface area contributed by atoms with Gasteiger partial charge in [0.25, 0.3) is 0 Å². The highest BCUT2D eigenvalue weighted by Gasteiger charge is 2.06. The van der Waals surface area contributed by atoms with Crippen LogP contribution in [0.1, 0.15) is 22.3 Å². The van der Waals surface area contributed by atoms with Gasteiger partial charge < -0.3 is 11.1 Å². The summed E-state index contributed by atoms with van der Waals surface area (Å²) in [6.45, 7) is 2.45. The third-order valence-corrected chi connectivity index (χ3v) is 2.76. The van der Waals surface area contributed by atoms with E-state index in [4.69, 9.17) is 5.73 Å². The van der Waals surface area contributed by atoms with Gasteiger partial charge in [-0.25, -0.2) is 0 Å². The van der Waals surface area contributed by atoms with Crippen molar-refractivity contribution in [2.24, 2.45) is 5.73 Å². The van der Waals surface area contributed by atoms with Crippen LogP contribution in [-0.2, 0) is 11.3 Å². The number of carbonyl (C=O) groups is 2. The maximum Gasteiger partial charge on any atom is 0.248 e. The van der Waals surface area contributed by atoms with Crippen molar-refractivity contribution < 1.29 is 9.59 Å². The van der Waals surface area contributed by atoms with Crippen LogP contribution in [0.5, 0.6) is 0 Å². The Morgan fingerprint density at radius 3 is 2.85 bits per heavy atom. The second-order valence-corrected chi connectivity index (χ2v) is 4.52. The Kier molecular flexibility index (Phi) is 4.14. The summed E-state index contributed by atoms with van der Waals surface area (Å²) >= 11 is 0. The maximum absolute atomic E-state index is 11.8. The van der Waals surface area contributed by atoms with Crippen molar-refractivity contribution in [1.82, 2.24) is 9.78 Å². The van der Waals surface area contributed by atoms with Crippen LogP contribution in [0.4, 0.5) is 5.69 Å². The zero-order chi connectivity index (χ0) is 14.5. The van der Waals surface area contributed by atoms with E-state index in [-0.39, 0.29) is 5.91 Å². The van der Waals surface area contributed by atoms with Gasteiger partial charge in [-0.2, -0.15) is 5.10 Å². The zero-order valence-corrected chi connectivity index (χ0v) is 11.2. The number of primary amides is 1. The highest BCUT2D eigenvalue weighted by atomic mass is 16.2. The first-order valence-electron chi connectivity index (χ1n) is 6.23. The molecule has 0 aliphatic carbocycles. The van der Waals surface area contributed by atoms with E-state index in [1.54, 1.807) is 35.1 Å². The number of hydrogen-bond acceptors (Lipinski definition) is 3. The van der Waals surface area contributed by atoms with Gasteiger partial charge >= 0.3 is 0 Å². The molecule has 1 heterocycles. The van der Waals surface area contributed by atoms with Crippen LogP contribution in [0.25, 0.3) is 0 Å². The van der Waals surface area contributed by atoms with Gasteiger partial charge in [0.2, 0.25) is 11.8 Å². The first kappa shape index (κ1) is 13.8.